The summed E-state index contributed by atoms with van der Waals surface area (Å²) in [6, 6.07) is 12.0. The van der Waals surface area contributed by atoms with Gasteiger partial charge in [0.15, 0.2) is 0 Å². The molecule has 0 fully saturated rings. The first-order valence-corrected chi connectivity index (χ1v) is 8.46. The molecule has 0 aliphatic heterocycles. The number of aliphatic hydroxyl groups is 1. The predicted molar refractivity (Wildman–Crippen MR) is 91.0 cm³/mol. The summed E-state index contributed by atoms with van der Waals surface area (Å²) < 4.78 is 0. The van der Waals surface area contributed by atoms with Crippen molar-refractivity contribution in [1.82, 2.24) is 4.90 Å². The summed E-state index contributed by atoms with van der Waals surface area (Å²) in [5, 5.41) is 12.5. The number of carbonyl (C=O) groups is 1. The number of hydrogen-bond acceptors (Lipinski definition) is 3. The van der Waals surface area contributed by atoms with Crippen LogP contribution in [0.2, 0.25) is 0 Å². The highest BCUT2D eigenvalue weighted by Gasteiger charge is 2.27. The molecule has 0 aliphatic carbocycles. The van der Waals surface area contributed by atoms with Crippen LogP contribution in [0.25, 0.3) is 0 Å². The van der Waals surface area contributed by atoms with Gasteiger partial charge in [-0.2, -0.15) is 0 Å². The second-order valence-corrected chi connectivity index (χ2v) is 6.61. The number of benzene rings is 1. The molecule has 1 N–H and O–H groups in total. The molecule has 0 bridgehead atoms. The smallest absolute Gasteiger partial charge is 0.252 e. The van der Waals surface area contributed by atoms with Gasteiger partial charge in [-0.3, -0.25) is 4.79 Å². The molecule has 2 rings (SSSR count). The Morgan fingerprint density at radius 2 is 1.95 bits per heavy atom. The molecule has 0 saturated carbocycles. The lowest BCUT2D eigenvalue weighted by Crippen LogP contribution is -2.40. The van der Waals surface area contributed by atoms with Gasteiger partial charge in [0.25, 0.3) is 5.91 Å². The minimum Gasteiger partial charge on any atom is -0.383 e. The van der Waals surface area contributed by atoms with E-state index in [2.05, 4.69) is 0 Å². The fraction of sp³-hybridized carbons (Fsp3) is 0.389. The normalized spacial score (nSPS) is 13.6. The molecule has 0 saturated heterocycles. The molecule has 118 valence electrons. The van der Waals surface area contributed by atoms with Crippen LogP contribution >= 0.6 is 11.3 Å². The van der Waals surface area contributed by atoms with Crippen molar-refractivity contribution >= 4 is 17.2 Å². The maximum absolute atomic E-state index is 12.6. The van der Waals surface area contributed by atoms with E-state index >= 15 is 0 Å². The first-order chi connectivity index (χ1) is 10.5. The minimum atomic E-state index is -1.01. The van der Waals surface area contributed by atoms with Gasteiger partial charge < -0.3 is 10.0 Å². The zero-order valence-electron chi connectivity index (χ0n) is 13.3. The molecule has 4 heteroatoms. The molecule has 0 aliphatic rings. The standard InChI is InChI=1S/C18H23NO2S/c1-4-19(12-16-6-5-11-22-16)18(21)17(20)14(3)15-9-7-13(2)8-10-15/h5-11,14,17,20H,4,12H2,1-3H3. The van der Waals surface area contributed by atoms with E-state index in [0.29, 0.717) is 13.1 Å². The summed E-state index contributed by atoms with van der Waals surface area (Å²) in [4.78, 5) is 15.4. The molecule has 0 radical (unpaired) electrons. The third-order valence-corrected chi connectivity index (χ3v) is 4.81. The van der Waals surface area contributed by atoms with Gasteiger partial charge >= 0.3 is 0 Å². The van der Waals surface area contributed by atoms with Crippen LogP contribution in [0.3, 0.4) is 0 Å². The maximum Gasteiger partial charge on any atom is 0.252 e. The summed E-state index contributed by atoms with van der Waals surface area (Å²) in [6.07, 6.45) is -1.01. The Bertz CT molecular complexity index is 592. The van der Waals surface area contributed by atoms with Gasteiger partial charge in [-0.05, 0) is 30.9 Å². The lowest BCUT2D eigenvalue weighted by molar-refractivity contribution is -0.141. The fourth-order valence-electron chi connectivity index (χ4n) is 2.39. The molecule has 1 aromatic carbocycles. The zero-order valence-corrected chi connectivity index (χ0v) is 14.1. The quantitative estimate of drug-likeness (QED) is 0.885. The van der Waals surface area contributed by atoms with E-state index in [1.807, 2.05) is 62.5 Å². The van der Waals surface area contributed by atoms with E-state index < -0.39 is 6.10 Å². The predicted octanol–water partition coefficient (Wildman–Crippen LogP) is 3.57. The van der Waals surface area contributed by atoms with Gasteiger partial charge in [0, 0.05) is 17.3 Å². The van der Waals surface area contributed by atoms with Gasteiger partial charge in [-0.1, -0.05) is 42.8 Å². The molecule has 0 spiro atoms. The van der Waals surface area contributed by atoms with E-state index in [9.17, 15) is 9.90 Å². The van der Waals surface area contributed by atoms with Crippen molar-refractivity contribution in [3.05, 3.63) is 57.8 Å². The van der Waals surface area contributed by atoms with Gasteiger partial charge in [0.2, 0.25) is 0 Å². The average Bonchev–Trinajstić information content (AvgIpc) is 3.04. The molecule has 2 aromatic rings. The van der Waals surface area contributed by atoms with Gasteiger partial charge in [0.05, 0.1) is 6.54 Å². The number of aryl methyl sites for hydroxylation is 1. The summed E-state index contributed by atoms with van der Waals surface area (Å²) in [6.45, 7) is 7.01. The van der Waals surface area contributed by atoms with E-state index in [4.69, 9.17) is 0 Å². The molecule has 1 amide bonds. The number of thiophene rings is 1. The molecular formula is C18H23NO2S. The zero-order chi connectivity index (χ0) is 16.1. The Balaban J connectivity index is 2.07. The molecule has 22 heavy (non-hydrogen) atoms. The molecule has 2 atom stereocenters. The molecule has 1 heterocycles. The Kier molecular flexibility index (Phi) is 5.75. The lowest BCUT2D eigenvalue weighted by atomic mass is 9.94. The van der Waals surface area contributed by atoms with Crippen LogP contribution in [0.1, 0.15) is 35.8 Å². The minimum absolute atomic E-state index is 0.205. The van der Waals surface area contributed by atoms with E-state index in [0.717, 1.165) is 10.4 Å². The third kappa shape index (κ3) is 3.96. The topological polar surface area (TPSA) is 40.5 Å². The Labute approximate surface area is 136 Å². The van der Waals surface area contributed by atoms with Gasteiger partial charge in [-0.15, -0.1) is 11.3 Å². The second kappa shape index (κ2) is 7.56. The fourth-order valence-corrected chi connectivity index (χ4v) is 3.11. The van der Waals surface area contributed by atoms with Crippen LogP contribution in [-0.4, -0.2) is 28.6 Å². The van der Waals surface area contributed by atoms with Crippen molar-refractivity contribution in [1.29, 1.82) is 0 Å². The SMILES string of the molecule is CCN(Cc1cccs1)C(=O)C(O)C(C)c1ccc(C)cc1. The van der Waals surface area contributed by atoms with Crippen molar-refractivity contribution in [3.63, 3.8) is 0 Å². The monoisotopic (exact) mass is 317 g/mol. The largest absolute Gasteiger partial charge is 0.383 e. The van der Waals surface area contributed by atoms with Crippen LogP contribution in [-0.2, 0) is 11.3 Å². The van der Waals surface area contributed by atoms with Crippen molar-refractivity contribution < 1.29 is 9.90 Å². The van der Waals surface area contributed by atoms with Crippen LogP contribution < -0.4 is 0 Å². The number of aliphatic hydroxyl groups excluding tert-OH is 1. The summed E-state index contributed by atoms with van der Waals surface area (Å²) >= 11 is 1.63. The first kappa shape index (κ1) is 16.7. The number of carbonyl (C=O) groups excluding carboxylic acids is 1. The maximum atomic E-state index is 12.6. The molecular weight excluding hydrogens is 294 g/mol. The van der Waals surface area contributed by atoms with Crippen LogP contribution in [0.5, 0.6) is 0 Å². The third-order valence-electron chi connectivity index (χ3n) is 3.95. The summed E-state index contributed by atoms with van der Waals surface area (Å²) in [5.74, 6) is -0.422. The number of rotatable bonds is 6. The Morgan fingerprint density at radius 3 is 2.50 bits per heavy atom. The van der Waals surface area contributed by atoms with Crippen molar-refractivity contribution in [2.75, 3.05) is 6.54 Å². The highest BCUT2D eigenvalue weighted by Crippen LogP contribution is 2.22. The molecule has 1 aromatic heterocycles. The van der Waals surface area contributed by atoms with Crippen molar-refractivity contribution in [2.45, 2.75) is 39.3 Å². The molecule has 3 nitrogen and oxygen atoms in total. The van der Waals surface area contributed by atoms with E-state index in [1.165, 1.54) is 5.56 Å². The van der Waals surface area contributed by atoms with Crippen LogP contribution in [0, 0.1) is 6.92 Å². The number of amides is 1. The summed E-state index contributed by atoms with van der Waals surface area (Å²) in [5.41, 5.74) is 2.16. The number of hydrogen-bond donors (Lipinski definition) is 1. The highest BCUT2D eigenvalue weighted by molar-refractivity contribution is 7.09. The Hall–Kier alpha value is -1.65. The van der Waals surface area contributed by atoms with Crippen molar-refractivity contribution in [2.24, 2.45) is 0 Å². The van der Waals surface area contributed by atoms with Crippen LogP contribution in [0.15, 0.2) is 41.8 Å². The highest BCUT2D eigenvalue weighted by atomic mass is 32.1. The van der Waals surface area contributed by atoms with E-state index in [1.54, 1.807) is 16.2 Å². The second-order valence-electron chi connectivity index (χ2n) is 5.58. The molecule has 2 unspecified atom stereocenters. The van der Waals surface area contributed by atoms with Gasteiger partial charge in [0.1, 0.15) is 6.10 Å². The average molecular weight is 317 g/mol. The number of nitrogens with zero attached hydrogens (tertiary/aromatic N) is 1. The van der Waals surface area contributed by atoms with Gasteiger partial charge in [-0.25, -0.2) is 0 Å². The Morgan fingerprint density at radius 1 is 1.27 bits per heavy atom. The summed E-state index contributed by atoms with van der Waals surface area (Å²) in [7, 11) is 0. The van der Waals surface area contributed by atoms with Crippen molar-refractivity contribution in [3.8, 4) is 0 Å². The first-order valence-electron chi connectivity index (χ1n) is 7.58. The van der Waals surface area contributed by atoms with E-state index in [-0.39, 0.29) is 11.8 Å². The number of likely N-dealkylation sites (N-methyl/N-ethyl adjacent to an activating group) is 1. The lowest BCUT2D eigenvalue weighted by Gasteiger charge is -2.26. The van der Waals surface area contributed by atoms with Crippen LogP contribution in [0.4, 0.5) is 0 Å².